The zero-order valence-corrected chi connectivity index (χ0v) is 20.6. The van der Waals surface area contributed by atoms with E-state index >= 15 is 0 Å². The Morgan fingerprint density at radius 3 is 0.968 bits per heavy atom. The van der Waals surface area contributed by atoms with Crippen LogP contribution in [0.3, 0.4) is 0 Å². The number of hydrogen-bond acceptors (Lipinski definition) is 14. The molecule has 0 aromatic carbocycles. The van der Waals surface area contributed by atoms with Gasteiger partial charge in [0.05, 0.1) is 25.0 Å². The predicted octanol–water partition coefficient (Wildman–Crippen LogP) is -2.10. The van der Waals surface area contributed by atoms with Crippen molar-refractivity contribution in [3.63, 3.8) is 0 Å². The molecule has 0 aromatic rings. The Kier molecular flexibility index (Phi) is 7.27. The van der Waals surface area contributed by atoms with Gasteiger partial charge < -0.3 is 9.47 Å². The summed E-state index contributed by atoms with van der Waals surface area (Å²) in [5.41, 5.74) is 0. The summed E-state index contributed by atoms with van der Waals surface area (Å²) in [4.78, 5) is 0. The first kappa shape index (κ1) is 26.8. The van der Waals surface area contributed by atoms with E-state index in [2.05, 4.69) is 0 Å². The molecule has 1 aliphatic heterocycles. The fourth-order valence-electron chi connectivity index (χ4n) is 3.32. The largest absolute Gasteiger partial charge is 0.342 e. The fourth-order valence-corrected chi connectivity index (χ4v) is 5.81. The number of hydrogen-bond donors (Lipinski definition) is 0. The lowest BCUT2D eigenvalue weighted by Crippen LogP contribution is -2.66. The summed E-state index contributed by atoms with van der Waals surface area (Å²) in [6, 6.07) is 0. The first-order valence-electron chi connectivity index (χ1n) is 8.46. The lowest BCUT2D eigenvalue weighted by Gasteiger charge is -2.44. The van der Waals surface area contributed by atoms with Gasteiger partial charge in [0.25, 0.3) is 40.5 Å². The van der Waals surface area contributed by atoms with Gasteiger partial charge in [-0.2, -0.15) is 33.7 Å². The highest BCUT2D eigenvalue weighted by Crippen LogP contribution is 2.43. The summed E-state index contributed by atoms with van der Waals surface area (Å²) in [5.74, 6) is -1.44. The standard InChI is InChI=1S/C13H24O14S4/c1-13(2)22-7-8(23-13)10(25-29(4,16)17)12(27-31(6,20)21)11(26-30(5,18)19)9(7)24-28(3,14)15/h7-12H,1-6H3/t7-,8+,9-,10-,11+,12+/m0/s1. The van der Waals surface area contributed by atoms with Crippen LogP contribution in [0.1, 0.15) is 13.8 Å². The van der Waals surface area contributed by atoms with Crippen LogP contribution in [0.2, 0.25) is 0 Å². The second-order valence-electron chi connectivity index (χ2n) is 7.62. The third kappa shape index (κ3) is 7.83. The van der Waals surface area contributed by atoms with Crippen LogP contribution in [-0.2, 0) is 66.7 Å². The van der Waals surface area contributed by atoms with Crippen molar-refractivity contribution >= 4 is 40.5 Å². The van der Waals surface area contributed by atoms with Gasteiger partial charge >= 0.3 is 0 Å². The Morgan fingerprint density at radius 1 is 0.516 bits per heavy atom. The molecule has 1 saturated heterocycles. The molecule has 6 atom stereocenters. The van der Waals surface area contributed by atoms with Crippen molar-refractivity contribution in [2.45, 2.75) is 56.3 Å². The Morgan fingerprint density at radius 2 is 0.742 bits per heavy atom. The molecule has 31 heavy (non-hydrogen) atoms. The summed E-state index contributed by atoms with van der Waals surface area (Å²) in [6.45, 7) is 2.80. The van der Waals surface area contributed by atoms with Gasteiger partial charge in [-0.3, -0.25) is 16.7 Å². The molecule has 1 heterocycles. The fraction of sp³-hybridized carbons (Fsp3) is 1.00. The summed E-state index contributed by atoms with van der Waals surface area (Å²) >= 11 is 0. The van der Waals surface area contributed by atoms with Crippen LogP contribution < -0.4 is 0 Å². The maximum Gasteiger partial charge on any atom is 0.264 e. The van der Waals surface area contributed by atoms with Gasteiger partial charge in [-0.15, -0.1) is 0 Å². The molecule has 0 unspecified atom stereocenters. The van der Waals surface area contributed by atoms with Crippen molar-refractivity contribution < 1.29 is 59.9 Å². The lowest BCUT2D eigenvalue weighted by atomic mass is 9.85. The molecule has 2 aliphatic rings. The maximum atomic E-state index is 11.9. The van der Waals surface area contributed by atoms with Crippen molar-refractivity contribution in [3.8, 4) is 0 Å². The normalized spacial score (nSPS) is 34.4. The quantitative estimate of drug-likeness (QED) is 0.309. The van der Waals surface area contributed by atoms with Gasteiger partial charge in [0.15, 0.2) is 5.79 Å². The van der Waals surface area contributed by atoms with E-state index in [1.54, 1.807) is 0 Å². The number of fused-ring (bicyclic) bond motifs is 1. The van der Waals surface area contributed by atoms with Crippen LogP contribution in [0, 0.1) is 0 Å². The molecule has 18 heteroatoms. The highest BCUT2D eigenvalue weighted by atomic mass is 32.2. The summed E-state index contributed by atoms with van der Waals surface area (Å²) in [5, 5.41) is 0. The van der Waals surface area contributed by atoms with Crippen LogP contribution in [0.4, 0.5) is 0 Å². The molecule has 2 rings (SSSR count). The summed E-state index contributed by atoms with van der Waals surface area (Å²) in [6.07, 6.45) is -7.98. The van der Waals surface area contributed by atoms with E-state index < -0.39 is 82.9 Å². The average molecular weight is 533 g/mol. The maximum absolute atomic E-state index is 11.9. The van der Waals surface area contributed by atoms with Gasteiger partial charge in [0.1, 0.15) is 36.6 Å². The van der Waals surface area contributed by atoms with E-state index in [9.17, 15) is 33.7 Å². The molecule has 0 aromatic heterocycles. The van der Waals surface area contributed by atoms with E-state index in [-0.39, 0.29) is 0 Å². The molecule has 14 nitrogen and oxygen atoms in total. The van der Waals surface area contributed by atoms with Crippen molar-refractivity contribution in [2.75, 3.05) is 25.0 Å². The van der Waals surface area contributed by atoms with Gasteiger partial charge in [0, 0.05) is 0 Å². The average Bonchev–Trinajstić information content (AvgIpc) is 2.77. The zero-order chi connectivity index (χ0) is 24.2. The predicted molar refractivity (Wildman–Crippen MR) is 103 cm³/mol. The van der Waals surface area contributed by atoms with Crippen molar-refractivity contribution in [2.24, 2.45) is 0 Å². The third-order valence-corrected chi connectivity index (χ3v) is 6.21. The van der Waals surface area contributed by atoms with Gasteiger partial charge in [0.2, 0.25) is 0 Å². The molecule has 0 N–H and O–H groups in total. The minimum Gasteiger partial charge on any atom is -0.342 e. The van der Waals surface area contributed by atoms with Gasteiger partial charge in [-0.05, 0) is 13.8 Å². The monoisotopic (exact) mass is 532 g/mol. The highest BCUT2D eigenvalue weighted by molar-refractivity contribution is 7.86. The molecule has 2 fully saturated rings. The first-order chi connectivity index (χ1) is 13.6. The second kappa shape index (κ2) is 8.41. The molecular formula is C13H24O14S4. The number of ether oxygens (including phenoxy) is 2. The van der Waals surface area contributed by atoms with E-state index in [1.165, 1.54) is 13.8 Å². The van der Waals surface area contributed by atoms with Crippen molar-refractivity contribution in [1.82, 2.24) is 0 Å². The van der Waals surface area contributed by atoms with Gasteiger partial charge in [-0.25, -0.2) is 0 Å². The van der Waals surface area contributed by atoms with Gasteiger partial charge in [-0.1, -0.05) is 0 Å². The topological polar surface area (TPSA) is 192 Å². The summed E-state index contributed by atoms with van der Waals surface area (Å²) < 4.78 is 126. The summed E-state index contributed by atoms with van der Waals surface area (Å²) in [7, 11) is -17.3. The smallest absolute Gasteiger partial charge is 0.264 e. The second-order valence-corrected chi connectivity index (χ2v) is 14.0. The van der Waals surface area contributed by atoms with E-state index in [0.29, 0.717) is 25.0 Å². The Balaban J connectivity index is 2.73. The van der Waals surface area contributed by atoms with Crippen molar-refractivity contribution in [3.05, 3.63) is 0 Å². The van der Waals surface area contributed by atoms with E-state index in [1.807, 2.05) is 0 Å². The molecule has 184 valence electrons. The molecule has 1 aliphatic carbocycles. The Labute approximate surface area is 181 Å². The number of rotatable bonds is 8. The minimum atomic E-state index is -4.38. The van der Waals surface area contributed by atoms with Crippen LogP contribution in [0.5, 0.6) is 0 Å². The molecular weight excluding hydrogens is 508 g/mol. The highest BCUT2D eigenvalue weighted by Gasteiger charge is 2.63. The Bertz CT molecular complexity index is 1020. The Hall–Kier alpha value is -0.440. The van der Waals surface area contributed by atoms with E-state index in [0.717, 1.165) is 0 Å². The van der Waals surface area contributed by atoms with E-state index in [4.69, 9.17) is 26.2 Å². The first-order valence-corrected chi connectivity index (χ1v) is 15.7. The molecule has 1 saturated carbocycles. The molecule has 0 spiro atoms. The van der Waals surface area contributed by atoms with Crippen LogP contribution in [0.25, 0.3) is 0 Å². The van der Waals surface area contributed by atoms with Crippen LogP contribution >= 0.6 is 0 Å². The zero-order valence-electron chi connectivity index (χ0n) is 17.3. The van der Waals surface area contributed by atoms with Crippen LogP contribution in [0.15, 0.2) is 0 Å². The lowest BCUT2D eigenvalue weighted by molar-refractivity contribution is -0.157. The van der Waals surface area contributed by atoms with Crippen molar-refractivity contribution in [1.29, 1.82) is 0 Å². The molecule has 0 radical (unpaired) electrons. The SMILES string of the molecule is CC1(C)O[C@@H]2[C@H](O1)[C@H](OS(C)(=O)=O)[C@@H](OS(C)(=O)=O)[C@H](OS(C)(=O)=O)[C@H]2OS(C)(=O)=O. The minimum absolute atomic E-state index is 0.608. The molecule has 0 amide bonds. The third-order valence-electron chi connectivity index (χ3n) is 3.93. The molecule has 0 bridgehead atoms. The van der Waals surface area contributed by atoms with Crippen LogP contribution in [-0.4, -0.2) is 101 Å².